The molecular formula is C15H28N2O2. The minimum Gasteiger partial charge on any atom is -0.378 e. The van der Waals surface area contributed by atoms with Crippen molar-refractivity contribution in [2.24, 2.45) is 11.8 Å². The molecule has 110 valence electrons. The molecule has 2 N–H and O–H groups in total. The predicted molar refractivity (Wildman–Crippen MR) is 76.0 cm³/mol. The molecule has 0 unspecified atom stereocenters. The monoisotopic (exact) mass is 268 g/mol. The van der Waals surface area contributed by atoms with E-state index in [9.17, 15) is 4.79 Å². The summed E-state index contributed by atoms with van der Waals surface area (Å²) >= 11 is 0. The summed E-state index contributed by atoms with van der Waals surface area (Å²) in [4.78, 5) is 12.1. The molecule has 2 aliphatic rings. The summed E-state index contributed by atoms with van der Waals surface area (Å²) in [5.41, 5.74) is 0. The first kappa shape index (κ1) is 14.8. The highest BCUT2D eigenvalue weighted by atomic mass is 16.5. The second kappa shape index (κ2) is 7.25. The van der Waals surface area contributed by atoms with Gasteiger partial charge in [0.05, 0.1) is 13.2 Å². The summed E-state index contributed by atoms with van der Waals surface area (Å²) in [6.07, 6.45) is 6.74. The van der Waals surface area contributed by atoms with E-state index in [0.717, 1.165) is 12.5 Å². The molecule has 0 radical (unpaired) electrons. The summed E-state index contributed by atoms with van der Waals surface area (Å²) in [5, 5.41) is 6.37. The van der Waals surface area contributed by atoms with E-state index in [1.54, 1.807) is 0 Å². The Morgan fingerprint density at radius 2 is 2.00 bits per heavy atom. The maximum atomic E-state index is 12.1. The van der Waals surface area contributed by atoms with Gasteiger partial charge < -0.3 is 15.4 Å². The Kier molecular flexibility index (Phi) is 5.64. The second-order valence-corrected chi connectivity index (χ2v) is 6.14. The number of morpholine rings is 1. The van der Waals surface area contributed by atoms with Crippen molar-refractivity contribution in [2.75, 3.05) is 19.8 Å². The van der Waals surface area contributed by atoms with E-state index < -0.39 is 0 Å². The fourth-order valence-corrected chi connectivity index (χ4v) is 3.26. The molecule has 1 aliphatic carbocycles. The largest absolute Gasteiger partial charge is 0.378 e. The van der Waals surface area contributed by atoms with Crippen LogP contribution in [-0.2, 0) is 9.53 Å². The fraction of sp³-hybridized carbons (Fsp3) is 0.933. The molecule has 1 aliphatic heterocycles. The Bertz CT molecular complexity index is 284. The Labute approximate surface area is 116 Å². The van der Waals surface area contributed by atoms with E-state index in [4.69, 9.17) is 4.74 Å². The molecule has 3 atom stereocenters. The normalized spacial score (nSPS) is 28.6. The van der Waals surface area contributed by atoms with Crippen LogP contribution in [0.5, 0.6) is 0 Å². The van der Waals surface area contributed by atoms with Crippen molar-refractivity contribution in [3.63, 3.8) is 0 Å². The van der Waals surface area contributed by atoms with Crippen LogP contribution in [0.2, 0.25) is 0 Å². The molecule has 4 heteroatoms. The molecule has 0 aromatic heterocycles. The first-order valence-corrected chi connectivity index (χ1v) is 7.80. The number of hydrogen-bond donors (Lipinski definition) is 2. The Morgan fingerprint density at radius 3 is 2.63 bits per heavy atom. The lowest BCUT2D eigenvalue weighted by molar-refractivity contribution is -0.127. The highest BCUT2D eigenvalue weighted by molar-refractivity contribution is 5.82. The minimum atomic E-state index is -0.172. The third-order valence-electron chi connectivity index (χ3n) is 4.79. The van der Waals surface area contributed by atoms with Crippen molar-refractivity contribution >= 4 is 5.91 Å². The summed E-state index contributed by atoms with van der Waals surface area (Å²) in [7, 11) is 0. The number of rotatable bonds is 4. The van der Waals surface area contributed by atoms with Gasteiger partial charge in [0, 0.05) is 12.6 Å². The van der Waals surface area contributed by atoms with Gasteiger partial charge in [-0.25, -0.2) is 0 Å². The third-order valence-corrected chi connectivity index (χ3v) is 4.79. The van der Waals surface area contributed by atoms with Crippen LogP contribution in [0.25, 0.3) is 0 Å². The summed E-state index contributed by atoms with van der Waals surface area (Å²) < 4.78 is 5.34. The Morgan fingerprint density at radius 1 is 1.26 bits per heavy atom. The number of amides is 1. The topological polar surface area (TPSA) is 50.4 Å². The van der Waals surface area contributed by atoms with E-state index in [1.807, 2.05) is 0 Å². The quantitative estimate of drug-likeness (QED) is 0.816. The van der Waals surface area contributed by atoms with Gasteiger partial charge in [0.15, 0.2) is 0 Å². The maximum absolute atomic E-state index is 12.1. The first-order valence-electron chi connectivity index (χ1n) is 7.80. The van der Waals surface area contributed by atoms with Gasteiger partial charge in [-0.15, -0.1) is 0 Å². The van der Waals surface area contributed by atoms with Gasteiger partial charge in [0.1, 0.15) is 6.04 Å². The zero-order chi connectivity index (χ0) is 13.7. The molecule has 0 spiro atoms. The maximum Gasteiger partial charge on any atom is 0.239 e. The molecule has 0 aromatic rings. The highest BCUT2D eigenvalue weighted by Gasteiger charge is 2.28. The molecule has 2 fully saturated rings. The molecular weight excluding hydrogens is 240 g/mol. The summed E-state index contributed by atoms with van der Waals surface area (Å²) in [6.45, 7) is 6.39. The van der Waals surface area contributed by atoms with Crippen LogP contribution in [0.15, 0.2) is 0 Å². The average molecular weight is 268 g/mol. The molecule has 0 bridgehead atoms. The van der Waals surface area contributed by atoms with E-state index in [1.165, 1.54) is 32.1 Å². The fourth-order valence-electron chi connectivity index (χ4n) is 3.26. The Hall–Kier alpha value is -0.610. The summed E-state index contributed by atoms with van der Waals surface area (Å²) in [5.74, 6) is 1.43. The van der Waals surface area contributed by atoms with Gasteiger partial charge in [-0.1, -0.05) is 39.0 Å². The highest BCUT2D eigenvalue weighted by Crippen LogP contribution is 2.31. The number of ether oxygens (including phenoxy) is 1. The van der Waals surface area contributed by atoms with Gasteiger partial charge in [0.2, 0.25) is 5.91 Å². The molecule has 2 rings (SSSR count). The first-order chi connectivity index (χ1) is 9.18. The van der Waals surface area contributed by atoms with Crippen LogP contribution < -0.4 is 10.6 Å². The smallest absolute Gasteiger partial charge is 0.239 e. The van der Waals surface area contributed by atoms with Crippen molar-refractivity contribution < 1.29 is 9.53 Å². The van der Waals surface area contributed by atoms with Crippen LogP contribution in [-0.4, -0.2) is 37.7 Å². The molecule has 0 aromatic carbocycles. The van der Waals surface area contributed by atoms with Gasteiger partial charge in [-0.2, -0.15) is 0 Å². The third kappa shape index (κ3) is 4.18. The van der Waals surface area contributed by atoms with Crippen molar-refractivity contribution in [1.82, 2.24) is 10.6 Å². The van der Waals surface area contributed by atoms with Crippen LogP contribution in [0.3, 0.4) is 0 Å². The lowest BCUT2D eigenvalue weighted by Gasteiger charge is -2.33. The zero-order valence-corrected chi connectivity index (χ0v) is 12.3. The molecule has 19 heavy (non-hydrogen) atoms. The Balaban J connectivity index is 1.78. The average Bonchev–Trinajstić information content (AvgIpc) is 2.48. The standard InChI is InChI=1S/C15H28N2O2/c1-11(13-6-4-3-5-7-13)12(2)17-15(18)14-10-19-9-8-16-14/h11-14,16H,3-10H2,1-2H3,(H,17,18)/t11-,12+,14+/m1/s1. The molecule has 1 heterocycles. The van der Waals surface area contributed by atoms with Crippen LogP contribution in [0, 0.1) is 11.8 Å². The van der Waals surface area contributed by atoms with Gasteiger partial charge >= 0.3 is 0 Å². The van der Waals surface area contributed by atoms with E-state index in [0.29, 0.717) is 19.1 Å². The van der Waals surface area contributed by atoms with Crippen LogP contribution in [0.4, 0.5) is 0 Å². The van der Waals surface area contributed by atoms with Crippen molar-refractivity contribution in [3.05, 3.63) is 0 Å². The predicted octanol–water partition coefficient (Wildman–Crippen LogP) is 1.70. The van der Waals surface area contributed by atoms with Gasteiger partial charge in [-0.3, -0.25) is 4.79 Å². The minimum absolute atomic E-state index is 0.0925. The van der Waals surface area contributed by atoms with Gasteiger partial charge in [0.25, 0.3) is 0 Å². The zero-order valence-electron chi connectivity index (χ0n) is 12.3. The van der Waals surface area contributed by atoms with Crippen LogP contribution >= 0.6 is 0 Å². The van der Waals surface area contributed by atoms with Crippen molar-refractivity contribution in [3.8, 4) is 0 Å². The lowest BCUT2D eigenvalue weighted by atomic mass is 9.78. The molecule has 4 nitrogen and oxygen atoms in total. The van der Waals surface area contributed by atoms with E-state index in [-0.39, 0.29) is 18.0 Å². The molecule has 1 saturated carbocycles. The van der Waals surface area contributed by atoms with E-state index in [2.05, 4.69) is 24.5 Å². The summed E-state index contributed by atoms with van der Waals surface area (Å²) in [6, 6.07) is 0.0779. The van der Waals surface area contributed by atoms with Gasteiger partial charge in [-0.05, 0) is 18.8 Å². The number of hydrogen-bond acceptors (Lipinski definition) is 3. The molecule has 1 saturated heterocycles. The SMILES string of the molecule is C[C@H](NC(=O)[C@@H]1COCCN1)[C@@H](C)C1CCCCC1. The number of nitrogens with one attached hydrogen (secondary N) is 2. The van der Waals surface area contributed by atoms with E-state index >= 15 is 0 Å². The number of carbonyl (C=O) groups is 1. The van der Waals surface area contributed by atoms with Crippen molar-refractivity contribution in [1.29, 1.82) is 0 Å². The molecule has 1 amide bonds. The lowest BCUT2D eigenvalue weighted by Crippen LogP contribution is -2.54. The van der Waals surface area contributed by atoms with Crippen molar-refractivity contribution in [2.45, 2.75) is 58.0 Å². The second-order valence-electron chi connectivity index (χ2n) is 6.14. The number of carbonyl (C=O) groups excluding carboxylic acids is 1. The van der Waals surface area contributed by atoms with Crippen LogP contribution in [0.1, 0.15) is 46.0 Å².